The van der Waals surface area contributed by atoms with Crippen LogP contribution in [0, 0.1) is 5.92 Å². The molecule has 0 aliphatic carbocycles. The third-order valence-electron chi connectivity index (χ3n) is 6.72. The van der Waals surface area contributed by atoms with Crippen molar-refractivity contribution >= 4 is 28.9 Å². The molecule has 3 amide bonds. The third kappa shape index (κ3) is 5.75. The van der Waals surface area contributed by atoms with E-state index in [1.165, 1.54) is 4.57 Å². The van der Waals surface area contributed by atoms with Gasteiger partial charge < -0.3 is 10.1 Å². The van der Waals surface area contributed by atoms with Crippen LogP contribution in [0.3, 0.4) is 0 Å². The zero-order valence-corrected chi connectivity index (χ0v) is 20.9. The average molecular weight is 486 g/mol. The van der Waals surface area contributed by atoms with Crippen LogP contribution in [0.15, 0.2) is 23.0 Å². The van der Waals surface area contributed by atoms with Crippen molar-refractivity contribution < 1.29 is 19.1 Å². The number of alkyl carbamates (subject to hydrolysis) is 1. The van der Waals surface area contributed by atoms with Crippen LogP contribution in [0.4, 0.5) is 4.79 Å². The van der Waals surface area contributed by atoms with Crippen molar-refractivity contribution in [3.05, 3.63) is 34.2 Å². The minimum Gasteiger partial charge on any atom is -0.444 e. The zero-order valence-electron chi connectivity index (χ0n) is 20.9. The van der Waals surface area contributed by atoms with Crippen LogP contribution in [0.5, 0.6) is 0 Å². The summed E-state index contributed by atoms with van der Waals surface area (Å²) in [5, 5.41) is 5.22. The summed E-state index contributed by atoms with van der Waals surface area (Å²) in [6, 6.07) is 5.23. The van der Waals surface area contributed by atoms with Gasteiger partial charge in [0.2, 0.25) is 11.8 Å². The van der Waals surface area contributed by atoms with Crippen molar-refractivity contribution in [3.8, 4) is 0 Å². The molecule has 190 valence electrons. The lowest BCUT2D eigenvalue weighted by atomic mass is 9.96. The highest BCUT2D eigenvalue weighted by atomic mass is 16.6. The van der Waals surface area contributed by atoms with Gasteiger partial charge in [-0.2, -0.15) is 0 Å². The van der Waals surface area contributed by atoms with E-state index in [-0.39, 0.29) is 24.1 Å². The van der Waals surface area contributed by atoms with Gasteiger partial charge in [0.05, 0.1) is 11.0 Å². The van der Waals surface area contributed by atoms with Crippen LogP contribution >= 0.6 is 0 Å². The summed E-state index contributed by atoms with van der Waals surface area (Å²) in [7, 11) is 1.71. The van der Waals surface area contributed by atoms with E-state index in [0.717, 1.165) is 43.6 Å². The van der Waals surface area contributed by atoms with Crippen LogP contribution in [-0.4, -0.2) is 57.2 Å². The number of imide groups is 1. The Morgan fingerprint density at radius 2 is 1.83 bits per heavy atom. The van der Waals surface area contributed by atoms with Crippen molar-refractivity contribution in [2.24, 2.45) is 13.0 Å². The number of ether oxygens (including phenoxy) is 1. The summed E-state index contributed by atoms with van der Waals surface area (Å²) < 4.78 is 8.38. The fourth-order valence-corrected chi connectivity index (χ4v) is 4.89. The van der Waals surface area contributed by atoms with Gasteiger partial charge in [-0.3, -0.25) is 28.9 Å². The van der Waals surface area contributed by atoms with Crippen LogP contribution < -0.4 is 16.3 Å². The third-order valence-corrected chi connectivity index (χ3v) is 6.72. The summed E-state index contributed by atoms with van der Waals surface area (Å²) in [5.74, 6) is -0.306. The maximum atomic E-state index is 12.9. The van der Waals surface area contributed by atoms with Gasteiger partial charge in [-0.05, 0) is 76.7 Å². The summed E-state index contributed by atoms with van der Waals surface area (Å²) in [6.45, 7) is 8.78. The van der Waals surface area contributed by atoms with Crippen molar-refractivity contribution in [3.63, 3.8) is 0 Å². The minimum atomic E-state index is -0.678. The van der Waals surface area contributed by atoms with E-state index in [4.69, 9.17) is 4.74 Å². The van der Waals surface area contributed by atoms with Gasteiger partial charge in [0.15, 0.2) is 0 Å². The second-order valence-electron chi connectivity index (χ2n) is 10.6. The average Bonchev–Trinajstić information content (AvgIpc) is 3.02. The van der Waals surface area contributed by atoms with Crippen molar-refractivity contribution in [2.75, 3.05) is 19.6 Å². The standard InChI is InChI=1S/C25H35N5O5/c1-25(2,3)35-23(33)26-14-16-9-11-29(12-10-16)15-17-5-6-18-20(13-17)28(4)24(34)30(18)19-7-8-21(31)27-22(19)32/h5-6,13,16,19H,7-12,14-15H2,1-4H3,(H,26,33)(H,27,31,32). The predicted octanol–water partition coefficient (Wildman–Crippen LogP) is 2.05. The molecule has 2 fully saturated rings. The lowest BCUT2D eigenvalue weighted by Gasteiger charge is -2.32. The van der Waals surface area contributed by atoms with Gasteiger partial charge in [0.1, 0.15) is 11.6 Å². The molecule has 1 unspecified atom stereocenters. The molecular formula is C25H35N5O5. The molecule has 4 rings (SSSR count). The normalized spacial score (nSPS) is 20.2. The van der Waals surface area contributed by atoms with Crippen LogP contribution in [0.2, 0.25) is 0 Å². The number of amides is 3. The summed E-state index contributed by atoms with van der Waals surface area (Å²) in [4.78, 5) is 51.1. The number of aryl methyl sites for hydroxylation is 1. The SMILES string of the molecule is Cn1c(=O)n(C2CCC(=O)NC2=O)c2ccc(CN3CCC(CNC(=O)OC(C)(C)C)CC3)cc21. The van der Waals surface area contributed by atoms with Crippen LogP contribution in [-0.2, 0) is 27.9 Å². The first-order chi connectivity index (χ1) is 16.5. The quantitative estimate of drug-likeness (QED) is 0.627. The van der Waals surface area contributed by atoms with E-state index >= 15 is 0 Å². The molecule has 10 heteroatoms. The summed E-state index contributed by atoms with van der Waals surface area (Å²) in [5.41, 5.74) is 1.81. The number of carbonyl (C=O) groups is 3. The largest absolute Gasteiger partial charge is 0.444 e. The first-order valence-electron chi connectivity index (χ1n) is 12.2. The Kier molecular flexibility index (Phi) is 7.02. The first-order valence-corrected chi connectivity index (χ1v) is 12.2. The molecule has 3 heterocycles. The number of nitrogens with zero attached hydrogens (tertiary/aromatic N) is 3. The van der Waals surface area contributed by atoms with E-state index < -0.39 is 17.6 Å². The minimum absolute atomic E-state index is 0.223. The molecule has 10 nitrogen and oxygen atoms in total. The Labute approximate surface area is 204 Å². The summed E-state index contributed by atoms with van der Waals surface area (Å²) >= 11 is 0. The molecule has 1 aromatic heterocycles. The molecule has 0 bridgehead atoms. The Bertz CT molecular complexity index is 1180. The Morgan fingerprint density at radius 1 is 1.11 bits per heavy atom. The molecular weight excluding hydrogens is 450 g/mol. The second kappa shape index (κ2) is 9.85. The van der Waals surface area contributed by atoms with Crippen molar-refractivity contribution in [2.45, 2.75) is 64.6 Å². The maximum Gasteiger partial charge on any atom is 0.407 e. The van der Waals surface area contributed by atoms with E-state index in [1.807, 2.05) is 39.0 Å². The Morgan fingerprint density at radius 3 is 2.49 bits per heavy atom. The molecule has 2 aliphatic rings. The predicted molar refractivity (Wildman–Crippen MR) is 131 cm³/mol. The van der Waals surface area contributed by atoms with E-state index in [0.29, 0.717) is 24.4 Å². The number of rotatable bonds is 5. The van der Waals surface area contributed by atoms with E-state index in [9.17, 15) is 19.2 Å². The zero-order chi connectivity index (χ0) is 25.3. The molecule has 0 radical (unpaired) electrons. The monoisotopic (exact) mass is 485 g/mol. The molecule has 35 heavy (non-hydrogen) atoms. The van der Waals surface area contributed by atoms with Crippen LogP contribution in [0.1, 0.15) is 58.1 Å². The van der Waals surface area contributed by atoms with Crippen molar-refractivity contribution in [1.82, 2.24) is 24.7 Å². The molecule has 2 saturated heterocycles. The molecule has 0 spiro atoms. The molecule has 2 aromatic rings. The van der Waals surface area contributed by atoms with E-state index in [2.05, 4.69) is 15.5 Å². The maximum absolute atomic E-state index is 12.9. The lowest BCUT2D eigenvalue weighted by Crippen LogP contribution is -2.44. The molecule has 2 N–H and O–H groups in total. The topological polar surface area (TPSA) is 115 Å². The number of hydrogen-bond acceptors (Lipinski definition) is 6. The number of likely N-dealkylation sites (tertiary alicyclic amines) is 1. The number of carbonyl (C=O) groups excluding carboxylic acids is 3. The highest BCUT2D eigenvalue weighted by Gasteiger charge is 2.31. The fraction of sp³-hybridized carbons (Fsp3) is 0.600. The number of imidazole rings is 1. The lowest BCUT2D eigenvalue weighted by molar-refractivity contribution is -0.135. The van der Waals surface area contributed by atoms with Gasteiger partial charge >= 0.3 is 11.8 Å². The molecule has 1 atom stereocenters. The van der Waals surface area contributed by atoms with Crippen LogP contribution in [0.25, 0.3) is 11.0 Å². The summed E-state index contributed by atoms with van der Waals surface area (Å²) in [6.07, 6.45) is 2.15. The van der Waals surface area contributed by atoms with Gasteiger partial charge in [-0.15, -0.1) is 0 Å². The molecule has 0 saturated carbocycles. The van der Waals surface area contributed by atoms with Gasteiger partial charge in [-0.1, -0.05) is 6.07 Å². The van der Waals surface area contributed by atoms with E-state index in [1.54, 1.807) is 11.6 Å². The highest BCUT2D eigenvalue weighted by Crippen LogP contribution is 2.25. The number of fused-ring (bicyclic) bond motifs is 1. The van der Waals surface area contributed by atoms with Gasteiger partial charge in [-0.25, -0.2) is 9.59 Å². The molecule has 2 aliphatic heterocycles. The fourth-order valence-electron chi connectivity index (χ4n) is 4.89. The van der Waals surface area contributed by atoms with Gasteiger partial charge in [0.25, 0.3) is 0 Å². The number of piperidine rings is 2. The molecule has 1 aromatic carbocycles. The van der Waals surface area contributed by atoms with Gasteiger partial charge in [0, 0.05) is 26.6 Å². The highest BCUT2D eigenvalue weighted by molar-refractivity contribution is 6.00. The smallest absolute Gasteiger partial charge is 0.407 e. The number of hydrogen-bond donors (Lipinski definition) is 2. The Hall–Kier alpha value is -3.14. The second-order valence-corrected chi connectivity index (χ2v) is 10.6. The number of benzene rings is 1. The van der Waals surface area contributed by atoms with Crippen molar-refractivity contribution in [1.29, 1.82) is 0 Å². The first kappa shape index (κ1) is 25.0. The number of aromatic nitrogens is 2. The Balaban J connectivity index is 1.37. The number of nitrogens with one attached hydrogen (secondary N) is 2.